The van der Waals surface area contributed by atoms with Crippen LogP contribution in [0, 0.1) is 0 Å². The van der Waals surface area contributed by atoms with Gasteiger partial charge in [-0.3, -0.25) is 0 Å². The summed E-state index contributed by atoms with van der Waals surface area (Å²) < 4.78 is 25.9. The fraction of sp³-hybridized carbons (Fsp3) is 0.667. The van der Waals surface area contributed by atoms with E-state index in [1.807, 2.05) is 18.2 Å². The molecule has 1 saturated carbocycles. The molecule has 0 spiro atoms. The highest BCUT2D eigenvalue weighted by molar-refractivity contribution is 7.89. The van der Waals surface area contributed by atoms with E-state index in [2.05, 4.69) is 18.3 Å². The van der Waals surface area contributed by atoms with Gasteiger partial charge in [-0.05, 0) is 50.2 Å². The molecular weight excluding hydrogens is 324 g/mol. The van der Waals surface area contributed by atoms with Gasteiger partial charge in [0.15, 0.2) is 0 Å². The van der Waals surface area contributed by atoms with Crippen LogP contribution in [0.1, 0.15) is 56.2 Å². The number of rotatable bonds is 5. The zero-order chi connectivity index (χ0) is 17.2. The summed E-state index contributed by atoms with van der Waals surface area (Å²) in [5, 5.41) is 12.9. The number of aliphatic hydroxyl groups is 1. The lowest BCUT2D eigenvalue weighted by molar-refractivity contribution is 0.229. The molecule has 1 aromatic rings. The Labute approximate surface area is 145 Å². The monoisotopic (exact) mass is 352 g/mol. The van der Waals surface area contributed by atoms with Crippen LogP contribution in [0.2, 0.25) is 0 Å². The maximum atomic E-state index is 12.1. The third kappa shape index (κ3) is 3.99. The fourth-order valence-electron chi connectivity index (χ4n) is 4.01. The topological polar surface area (TPSA) is 69.6 Å². The number of benzene rings is 1. The minimum atomic E-state index is -2.99. The molecule has 6 heteroatoms. The quantitative estimate of drug-likeness (QED) is 0.852. The molecule has 2 fully saturated rings. The van der Waals surface area contributed by atoms with Gasteiger partial charge in [0.25, 0.3) is 0 Å². The van der Waals surface area contributed by atoms with E-state index >= 15 is 0 Å². The van der Waals surface area contributed by atoms with Crippen LogP contribution in [0.25, 0.3) is 0 Å². The summed E-state index contributed by atoms with van der Waals surface area (Å²) in [5.41, 5.74) is 2.12. The molecule has 0 bridgehead atoms. The molecule has 1 aliphatic carbocycles. The van der Waals surface area contributed by atoms with Crippen LogP contribution in [0.15, 0.2) is 24.3 Å². The summed E-state index contributed by atoms with van der Waals surface area (Å²) in [6.07, 6.45) is 4.70. The zero-order valence-electron chi connectivity index (χ0n) is 14.3. The first-order chi connectivity index (χ1) is 11.5. The van der Waals surface area contributed by atoms with Crippen molar-refractivity contribution in [3.8, 4) is 0 Å². The van der Waals surface area contributed by atoms with Crippen molar-refractivity contribution in [1.29, 1.82) is 0 Å². The van der Waals surface area contributed by atoms with Gasteiger partial charge in [0.1, 0.15) is 0 Å². The SMILES string of the molecule is CC(NC1CCC(N2CCCS2(=O)=O)CC1)c1cccc(CO)c1. The number of aliphatic hydroxyl groups excluding tert-OH is 1. The van der Waals surface area contributed by atoms with Crippen LogP contribution in [-0.4, -0.2) is 42.2 Å². The smallest absolute Gasteiger partial charge is 0.214 e. The molecule has 0 amide bonds. The maximum Gasteiger partial charge on any atom is 0.214 e. The number of nitrogens with zero attached hydrogens (tertiary/aromatic N) is 1. The molecule has 1 aliphatic heterocycles. The van der Waals surface area contributed by atoms with Crippen LogP contribution >= 0.6 is 0 Å². The standard InChI is InChI=1S/C18H28N2O3S/c1-14(16-5-2-4-15(12-16)13-21)19-17-6-8-18(9-7-17)20-10-3-11-24(20,22)23/h2,4-5,12,14,17-19,21H,3,6-11,13H2,1H3. The van der Waals surface area contributed by atoms with Gasteiger partial charge in [0.05, 0.1) is 12.4 Å². The van der Waals surface area contributed by atoms with Crippen molar-refractivity contribution in [1.82, 2.24) is 9.62 Å². The average Bonchev–Trinajstić information content (AvgIpc) is 2.95. The minimum Gasteiger partial charge on any atom is -0.392 e. The first-order valence-corrected chi connectivity index (χ1v) is 10.6. The van der Waals surface area contributed by atoms with Gasteiger partial charge < -0.3 is 10.4 Å². The van der Waals surface area contributed by atoms with Crippen LogP contribution in [0.3, 0.4) is 0 Å². The number of hydrogen-bond donors (Lipinski definition) is 2. The summed E-state index contributed by atoms with van der Waals surface area (Å²) >= 11 is 0. The normalized spacial score (nSPS) is 28.8. The molecule has 0 aromatic heterocycles. The molecule has 1 aromatic carbocycles. The van der Waals surface area contributed by atoms with E-state index in [-0.39, 0.29) is 18.7 Å². The van der Waals surface area contributed by atoms with E-state index < -0.39 is 10.0 Å². The number of hydrogen-bond acceptors (Lipinski definition) is 4. The highest BCUT2D eigenvalue weighted by Gasteiger charge is 2.36. The highest BCUT2D eigenvalue weighted by Crippen LogP contribution is 2.29. The Morgan fingerprint density at radius 1 is 1.29 bits per heavy atom. The van der Waals surface area contributed by atoms with Gasteiger partial charge in [-0.15, -0.1) is 0 Å². The Morgan fingerprint density at radius 3 is 2.67 bits per heavy atom. The van der Waals surface area contributed by atoms with Crippen LogP contribution in [-0.2, 0) is 16.6 Å². The van der Waals surface area contributed by atoms with Gasteiger partial charge >= 0.3 is 0 Å². The molecule has 1 unspecified atom stereocenters. The lowest BCUT2D eigenvalue weighted by Crippen LogP contribution is -2.43. The minimum absolute atomic E-state index is 0.0655. The Kier molecular flexibility index (Phi) is 5.59. The third-order valence-electron chi connectivity index (χ3n) is 5.36. The van der Waals surface area contributed by atoms with Crippen LogP contribution in [0.5, 0.6) is 0 Å². The second-order valence-electron chi connectivity index (χ2n) is 7.08. The van der Waals surface area contributed by atoms with Gasteiger partial charge in [-0.2, -0.15) is 4.31 Å². The first kappa shape index (κ1) is 17.9. The molecule has 1 saturated heterocycles. The Hall–Kier alpha value is -0.950. The molecule has 1 atom stereocenters. The van der Waals surface area contributed by atoms with E-state index in [0.717, 1.165) is 37.7 Å². The van der Waals surface area contributed by atoms with Crippen molar-refractivity contribution in [2.24, 2.45) is 0 Å². The molecular formula is C18H28N2O3S. The molecule has 134 valence electrons. The number of sulfonamides is 1. The molecule has 5 nitrogen and oxygen atoms in total. The summed E-state index contributed by atoms with van der Waals surface area (Å²) in [6.45, 7) is 2.92. The third-order valence-corrected chi connectivity index (χ3v) is 7.36. The van der Waals surface area contributed by atoms with E-state index in [9.17, 15) is 13.5 Å². The predicted molar refractivity (Wildman–Crippen MR) is 95.1 cm³/mol. The van der Waals surface area contributed by atoms with E-state index in [0.29, 0.717) is 18.3 Å². The second-order valence-corrected chi connectivity index (χ2v) is 9.12. The van der Waals surface area contributed by atoms with Crippen molar-refractivity contribution in [2.75, 3.05) is 12.3 Å². The van der Waals surface area contributed by atoms with Crippen molar-refractivity contribution in [3.05, 3.63) is 35.4 Å². The summed E-state index contributed by atoms with van der Waals surface area (Å²) in [7, 11) is -2.99. The summed E-state index contributed by atoms with van der Waals surface area (Å²) in [4.78, 5) is 0. The highest BCUT2D eigenvalue weighted by atomic mass is 32.2. The molecule has 2 aliphatic rings. The van der Waals surface area contributed by atoms with Gasteiger partial charge in [0, 0.05) is 24.7 Å². The van der Waals surface area contributed by atoms with Gasteiger partial charge in [-0.25, -0.2) is 8.42 Å². The van der Waals surface area contributed by atoms with Crippen molar-refractivity contribution in [2.45, 2.75) is 63.8 Å². The van der Waals surface area contributed by atoms with Gasteiger partial charge in [-0.1, -0.05) is 24.3 Å². The van der Waals surface area contributed by atoms with E-state index in [1.165, 1.54) is 5.56 Å². The Morgan fingerprint density at radius 2 is 2.04 bits per heavy atom. The lowest BCUT2D eigenvalue weighted by Gasteiger charge is -2.35. The fourth-order valence-corrected chi connectivity index (χ4v) is 5.81. The summed E-state index contributed by atoms with van der Waals surface area (Å²) in [5.74, 6) is 0.323. The molecule has 24 heavy (non-hydrogen) atoms. The zero-order valence-corrected chi connectivity index (χ0v) is 15.1. The average molecular weight is 353 g/mol. The Balaban J connectivity index is 1.53. The summed E-state index contributed by atoms with van der Waals surface area (Å²) in [6, 6.07) is 8.89. The molecule has 3 rings (SSSR count). The van der Waals surface area contributed by atoms with Crippen molar-refractivity contribution < 1.29 is 13.5 Å². The molecule has 1 heterocycles. The maximum absolute atomic E-state index is 12.1. The van der Waals surface area contributed by atoms with E-state index in [4.69, 9.17) is 0 Å². The number of nitrogens with one attached hydrogen (secondary N) is 1. The largest absolute Gasteiger partial charge is 0.392 e. The van der Waals surface area contributed by atoms with Crippen molar-refractivity contribution >= 4 is 10.0 Å². The second kappa shape index (κ2) is 7.52. The van der Waals surface area contributed by atoms with Crippen molar-refractivity contribution in [3.63, 3.8) is 0 Å². The van der Waals surface area contributed by atoms with Crippen LogP contribution < -0.4 is 5.32 Å². The lowest BCUT2D eigenvalue weighted by atomic mass is 9.90. The van der Waals surface area contributed by atoms with E-state index in [1.54, 1.807) is 4.31 Å². The van der Waals surface area contributed by atoms with Gasteiger partial charge in [0.2, 0.25) is 10.0 Å². The first-order valence-electron chi connectivity index (χ1n) is 8.95. The molecule has 0 radical (unpaired) electrons. The molecule has 2 N–H and O–H groups in total. The Bertz CT molecular complexity index is 654. The van der Waals surface area contributed by atoms with Crippen LogP contribution in [0.4, 0.5) is 0 Å². The predicted octanol–water partition coefficient (Wildman–Crippen LogP) is 2.18.